The summed E-state index contributed by atoms with van der Waals surface area (Å²) in [7, 11) is 1.87. The normalized spacial score (nSPS) is 15.6. The Morgan fingerprint density at radius 2 is 2.05 bits per heavy atom. The van der Waals surface area contributed by atoms with Gasteiger partial charge in [-0.05, 0) is 6.92 Å². The standard InChI is InChI=1S/C13H19ClN6/c1-4-11-15-16-12-8-19(5-6-20(11)12)7-10-9(2)17-18(3)13(10)14/h4-8H2,1-3H3. The van der Waals surface area contributed by atoms with Gasteiger partial charge in [0, 0.05) is 38.7 Å². The quantitative estimate of drug-likeness (QED) is 0.862. The third-order valence-electron chi connectivity index (χ3n) is 3.88. The number of hydrogen-bond acceptors (Lipinski definition) is 4. The molecular weight excluding hydrogens is 276 g/mol. The summed E-state index contributed by atoms with van der Waals surface area (Å²) in [6.07, 6.45) is 0.931. The summed E-state index contributed by atoms with van der Waals surface area (Å²) < 4.78 is 3.96. The van der Waals surface area contributed by atoms with Crippen LogP contribution < -0.4 is 0 Å². The third kappa shape index (κ3) is 2.23. The maximum absolute atomic E-state index is 6.30. The number of hydrogen-bond donors (Lipinski definition) is 0. The van der Waals surface area contributed by atoms with Gasteiger partial charge in [-0.2, -0.15) is 5.10 Å². The summed E-state index contributed by atoms with van der Waals surface area (Å²) in [4.78, 5) is 2.35. The van der Waals surface area contributed by atoms with E-state index in [1.165, 1.54) is 0 Å². The molecule has 0 spiro atoms. The van der Waals surface area contributed by atoms with Crippen LogP contribution in [-0.2, 0) is 33.1 Å². The number of aryl methyl sites for hydroxylation is 3. The Hall–Kier alpha value is -1.40. The zero-order chi connectivity index (χ0) is 14.3. The predicted octanol–water partition coefficient (Wildman–Crippen LogP) is 1.55. The molecule has 0 radical (unpaired) electrons. The molecule has 0 bridgehead atoms. The van der Waals surface area contributed by atoms with E-state index in [1.54, 1.807) is 4.68 Å². The molecule has 0 N–H and O–H groups in total. The number of aromatic nitrogens is 5. The van der Waals surface area contributed by atoms with Gasteiger partial charge in [0.1, 0.15) is 16.8 Å². The van der Waals surface area contributed by atoms with Gasteiger partial charge in [0.15, 0.2) is 0 Å². The maximum Gasteiger partial charge on any atom is 0.147 e. The van der Waals surface area contributed by atoms with Crippen LogP contribution in [0.4, 0.5) is 0 Å². The van der Waals surface area contributed by atoms with E-state index in [9.17, 15) is 0 Å². The lowest BCUT2D eigenvalue weighted by Crippen LogP contribution is -2.34. The number of fused-ring (bicyclic) bond motifs is 1. The van der Waals surface area contributed by atoms with Gasteiger partial charge in [-0.25, -0.2) is 0 Å². The van der Waals surface area contributed by atoms with Gasteiger partial charge >= 0.3 is 0 Å². The molecule has 3 heterocycles. The molecule has 0 aromatic carbocycles. The minimum atomic E-state index is 0.726. The third-order valence-corrected chi connectivity index (χ3v) is 4.35. The first kappa shape index (κ1) is 13.6. The second-order valence-electron chi connectivity index (χ2n) is 5.23. The molecule has 0 saturated heterocycles. The molecule has 2 aromatic heterocycles. The lowest BCUT2D eigenvalue weighted by Gasteiger charge is -2.27. The maximum atomic E-state index is 6.30. The van der Waals surface area contributed by atoms with Gasteiger partial charge in [-0.15, -0.1) is 10.2 Å². The highest BCUT2D eigenvalue weighted by molar-refractivity contribution is 6.30. The van der Waals surface area contributed by atoms with Crippen molar-refractivity contribution in [3.05, 3.63) is 28.1 Å². The van der Waals surface area contributed by atoms with Crippen molar-refractivity contribution >= 4 is 11.6 Å². The molecule has 0 aliphatic carbocycles. The van der Waals surface area contributed by atoms with E-state index in [0.29, 0.717) is 0 Å². The summed E-state index contributed by atoms with van der Waals surface area (Å²) in [6, 6.07) is 0. The number of halogens is 1. The molecule has 0 fully saturated rings. The summed E-state index contributed by atoms with van der Waals surface area (Å²) in [5.41, 5.74) is 2.11. The van der Waals surface area contributed by atoms with Crippen LogP contribution in [0.25, 0.3) is 0 Å². The average molecular weight is 295 g/mol. The first-order valence-electron chi connectivity index (χ1n) is 6.91. The first-order valence-corrected chi connectivity index (χ1v) is 7.29. The van der Waals surface area contributed by atoms with Crippen molar-refractivity contribution in [2.45, 2.75) is 39.9 Å². The Labute approximate surface area is 123 Å². The van der Waals surface area contributed by atoms with Crippen molar-refractivity contribution in [3.8, 4) is 0 Å². The fraction of sp³-hybridized carbons (Fsp3) is 0.615. The van der Waals surface area contributed by atoms with Crippen LogP contribution >= 0.6 is 11.6 Å². The largest absolute Gasteiger partial charge is 0.313 e. The number of rotatable bonds is 3. The summed E-state index contributed by atoms with van der Waals surface area (Å²) >= 11 is 6.30. The SMILES string of the molecule is CCc1nnc2n1CCN(Cc1c(C)nn(C)c1Cl)C2. The zero-order valence-corrected chi connectivity index (χ0v) is 12.9. The topological polar surface area (TPSA) is 51.8 Å². The van der Waals surface area contributed by atoms with Crippen molar-refractivity contribution in [2.75, 3.05) is 6.54 Å². The lowest BCUT2D eigenvalue weighted by molar-refractivity contribution is 0.207. The fourth-order valence-corrected chi connectivity index (χ4v) is 2.98. The van der Waals surface area contributed by atoms with E-state index in [2.05, 4.69) is 31.7 Å². The van der Waals surface area contributed by atoms with Gasteiger partial charge in [-0.3, -0.25) is 9.58 Å². The van der Waals surface area contributed by atoms with E-state index in [1.807, 2.05) is 14.0 Å². The van der Waals surface area contributed by atoms with E-state index >= 15 is 0 Å². The smallest absolute Gasteiger partial charge is 0.147 e. The highest BCUT2D eigenvalue weighted by Crippen LogP contribution is 2.22. The van der Waals surface area contributed by atoms with E-state index in [0.717, 1.165) is 60.7 Å². The molecule has 108 valence electrons. The molecular formula is C13H19ClN6. The highest BCUT2D eigenvalue weighted by atomic mass is 35.5. The van der Waals surface area contributed by atoms with Crippen molar-refractivity contribution in [2.24, 2.45) is 7.05 Å². The average Bonchev–Trinajstić information content (AvgIpc) is 2.95. The molecule has 0 saturated carbocycles. The Bertz CT molecular complexity index is 629. The minimum Gasteiger partial charge on any atom is -0.313 e. The summed E-state index contributed by atoms with van der Waals surface area (Å²) in [6.45, 7) is 7.68. The Morgan fingerprint density at radius 3 is 2.70 bits per heavy atom. The summed E-state index contributed by atoms with van der Waals surface area (Å²) in [5.74, 6) is 2.13. The van der Waals surface area contributed by atoms with Crippen molar-refractivity contribution in [1.82, 2.24) is 29.4 Å². The van der Waals surface area contributed by atoms with E-state index in [4.69, 9.17) is 11.6 Å². The van der Waals surface area contributed by atoms with Gasteiger partial charge in [0.2, 0.25) is 0 Å². The predicted molar refractivity (Wildman–Crippen MR) is 76.5 cm³/mol. The molecule has 1 aliphatic rings. The van der Waals surface area contributed by atoms with Crippen molar-refractivity contribution < 1.29 is 0 Å². The monoisotopic (exact) mass is 294 g/mol. The number of nitrogens with zero attached hydrogens (tertiary/aromatic N) is 6. The molecule has 1 aliphatic heterocycles. The van der Waals surface area contributed by atoms with Gasteiger partial charge < -0.3 is 4.57 Å². The van der Waals surface area contributed by atoms with E-state index in [-0.39, 0.29) is 0 Å². The van der Waals surface area contributed by atoms with Crippen LogP contribution in [0.2, 0.25) is 5.15 Å². The molecule has 20 heavy (non-hydrogen) atoms. The Morgan fingerprint density at radius 1 is 1.25 bits per heavy atom. The molecule has 6 nitrogen and oxygen atoms in total. The van der Waals surface area contributed by atoms with Crippen molar-refractivity contribution in [1.29, 1.82) is 0 Å². The van der Waals surface area contributed by atoms with Crippen LogP contribution in [0.15, 0.2) is 0 Å². The van der Waals surface area contributed by atoms with Crippen LogP contribution in [-0.4, -0.2) is 36.0 Å². The Balaban J connectivity index is 1.77. The van der Waals surface area contributed by atoms with Crippen LogP contribution in [0.1, 0.15) is 29.8 Å². The fourth-order valence-electron chi connectivity index (χ4n) is 2.74. The van der Waals surface area contributed by atoms with Gasteiger partial charge in [-0.1, -0.05) is 18.5 Å². The second kappa shape index (κ2) is 5.18. The molecule has 3 rings (SSSR count). The molecule has 0 unspecified atom stereocenters. The lowest BCUT2D eigenvalue weighted by atomic mass is 10.2. The van der Waals surface area contributed by atoms with Crippen LogP contribution in [0, 0.1) is 6.92 Å². The minimum absolute atomic E-state index is 0.726. The van der Waals surface area contributed by atoms with Crippen LogP contribution in [0.3, 0.4) is 0 Å². The zero-order valence-electron chi connectivity index (χ0n) is 12.1. The van der Waals surface area contributed by atoms with Crippen molar-refractivity contribution in [3.63, 3.8) is 0 Å². The van der Waals surface area contributed by atoms with Gasteiger partial charge in [0.25, 0.3) is 0 Å². The van der Waals surface area contributed by atoms with Gasteiger partial charge in [0.05, 0.1) is 12.2 Å². The Kier molecular flexibility index (Phi) is 3.52. The second-order valence-corrected chi connectivity index (χ2v) is 5.58. The molecule has 7 heteroatoms. The van der Waals surface area contributed by atoms with Crippen LogP contribution in [0.5, 0.6) is 0 Å². The molecule has 2 aromatic rings. The summed E-state index contributed by atoms with van der Waals surface area (Å²) in [5, 5.41) is 13.6. The molecule has 0 atom stereocenters. The molecule has 0 amide bonds. The highest BCUT2D eigenvalue weighted by Gasteiger charge is 2.22. The first-order chi connectivity index (χ1) is 9.60. The van der Waals surface area contributed by atoms with E-state index < -0.39 is 0 Å².